The first kappa shape index (κ1) is 43.6. The molecule has 11 nitrogen and oxygen atoms in total. The number of hydrogen-bond donors (Lipinski definition) is 0. The lowest BCUT2D eigenvalue weighted by Gasteiger charge is -2.49. The minimum absolute atomic E-state index is 0.149. The van der Waals surface area contributed by atoms with E-state index in [0.717, 1.165) is 0 Å². The van der Waals surface area contributed by atoms with Crippen LogP contribution in [0, 0.1) is 0 Å². The van der Waals surface area contributed by atoms with E-state index in [9.17, 15) is 19.2 Å². The third-order valence-corrected chi connectivity index (χ3v) is 21.4. The third-order valence-electron chi connectivity index (χ3n) is 11.1. The van der Waals surface area contributed by atoms with E-state index < -0.39 is 77.6 Å². The highest BCUT2D eigenvalue weighted by Crippen LogP contribution is 2.51. The van der Waals surface area contributed by atoms with E-state index in [0.29, 0.717) is 0 Å². The Morgan fingerprint density at radius 3 is 0.831 bits per heavy atom. The lowest BCUT2D eigenvalue weighted by Crippen LogP contribution is -2.70. The average molecular weight is 839 g/mol. The molecule has 0 amide bonds. The zero-order valence-electron chi connectivity index (χ0n) is 34.8. The first-order valence-electron chi connectivity index (χ1n) is 20.3. The van der Waals surface area contributed by atoms with Crippen LogP contribution in [0.5, 0.6) is 0 Å². The Labute approximate surface area is 348 Å². The molecule has 1 saturated carbocycles. The van der Waals surface area contributed by atoms with E-state index >= 15 is 0 Å². The number of ether oxygens (including phenoxy) is 4. The summed E-state index contributed by atoms with van der Waals surface area (Å²) in [5.41, 5.74) is 0.231. The van der Waals surface area contributed by atoms with E-state index in [1.807, 2.05) is 55.4 Å². The zero-order chi connectivity index (χ0) is 42.5. The van der Waals surface area contributed by atoms with Crippen LogP contribution >= 0.6 is 0 Å². The molecular weight excluding hydrogens is 785 g/mol. The highest BCUT2D eigenvalue weighted by Gasteiger charge is 2.68. The van der Waals surface area contributed by atoms with Crippen LogP contribution in [-0.4, -0.2) is 77.6 Å². The molecule has 0 bridgehead atoms. The standard InChI is InChI=1S/C46H54O11Si2/c1-29(2)58(30(3)4)55-41-39(53-45(49)35-25-17-11-18-26-35)37(51-43(47)33-21-13-9-14-22-33)38(52-44(48)34-23-15-10-16-24-34)40(54-46(50)36-27-19-12-20-28-36)42(41)56-59(57-58,31(5)6)32(7)8/h9-32,37-42H,1-8H3/t37-,38+,39+,40-,41-,42-/m1/s1. The minimum atomic E-state index is -3.45. The fourth-order valence-corrected chi connectivity index (χ4v) is 19.4. The van der Waals surface area contributed by atoms with Gasteiger partial charge >= 0.3 is 41.0 Å². The van der Waals surface area contributed by atoms with Crippen molar-refractivity contribution in [1.29, 1.82) is 0 Å². The van der Waals surface area contributed by atoms with Crippen LogP contribution in [-0.2, 0) is 31.9 Å². The second-order valence-electron chi connectivity index (χ2n) is 16.3. The molecule has 59 heavy (non-hydrogen) atoms. The van der Waals surface area contributed by atoms with Gasteiger partial charge in [-0.25, -0.2) is 19.2 Å². The summed E-state index contributed by atoms with van der Waals surface area (Å²) in [7, 11) is -6.89. The van der Waals surface area contributed by atoms with Crippen molar-refractivity contribution in [2.45, 2.75) is 114 Å². The molecule has 0 radical (unpaired) electrons. The molecule has 0 aromatic heterocycles. The van der Waals surface area contributed by atoms with Gasteiger partial charge in [0, 0.05) is 0 Å². The van der Waals surface area contributed by atoms with Crippen molar-refractivity contribution in [2.24, 2.45) is 0 Å². The maximum atomic E-state index is 14.3. The Bertz CT molecular complexity index is 1880. The highest BCUT2D eigenvalue weighted by molar-refractivity contribution is 6.84. The smallest absolute Gasteiger partial charge is 0.338 e. The molecule has 4 aromatic carbocycles. The number of carbonyl (C=O) groups is 4. The Hall–Kier alpha value is -4.93. The fraction of sp³-hybridized carbons (Fsp3) is 0.391. The van der Waals surface area contributed by atoms with Crippen molar-refractivity contribution in [1.82, 2.24) is 0 Å². The lowest BCUT2D eigenvalue weighted by molar-refractivity contribution is -0.214. The second kappa shape index (κ2) is 18.6. The highest BCUT2D eigenvalue weighted by atomic mass is 28.5. The molecule has 312 valence electrons. The van der Waals surface area contributed by atoms with Crippen LogP contribution in [0.3, 0.4) is 0 Å². The molecule has 1 saturated heterocycles. The van der Waals surface area contributed by atoms with Gasteiger partial charge < -0.3 is 31.9 Å². The summed E-state index contributed by atoms with van der Waals surface area (Å²) in [6, 6.07) is 33.4. The van der Waals surface area contributed by atoms with Gasteiger partial charge in [0.25, 0.3) is 0 Å². The summed E-state index contributed by atoms with van der Waals surface area (Å²) >= 11 is 0. The first-order chi connectivity index (χ1) is 28.2. The third kappa shape index (κ3) is 9.14. The predicted molar refractivity (Wildman–Crippen MR) is 225 cm³/mol. The van der Waals surface area contributed by atoms with Gasteiger partial charge in [-0.2, -0.15) is 0 Å². The van der Waals surface area contributed by atoms with Gasteiger partial charge in [0.1, 0.15) is 12.2 Å². The fourth-order valence-electron chi connectivity index (χ4n) is 8.06. The van der Waals surface area contributed by atoms with Crippen LogP contribution in [0.4, 0.5) is 0 Å². The minimum Gasteiger partial charge on any atom is -0.452 e. The summed E-state index contributed by atoms with van der Waals surface area (Å²) in [4.78, 5) is 57.0. The second-order valence-corrected chi connectivity index (χ2v) is 25.1. The van der Waals surface area contributed by atoms with Crippen molar-refractivity contribution >= 4 is 41.0 Å². The number of esters is 4. The van der Waals surface area contributed by atoms with Gasteiger partial charge in [0.05, 0.1) is 22.3 Å². The van der Waals surface area contributed by atoms with E-state index in [1.165, 1.54) is 0 Å². The van der Waals surface area contributed by atoms with E-state index in [4.69, 9.17) is 31.9 Å². The summed E-state index contributed by atoms with van der Waals surface area (Å²) in [6.45, 7) is 16.4. The molecule has 0 unspecified atom stereocenters. The van der Waals surface area contributed by atoms with E-state index in [2.05, 4.69) is 0 Å². The summed E-state index contributed by atoms with van der Waals surface area (Å²) in [5.74, 6) is -3.07. The summed E-state index contributed by atoms with van der Waals surface area (Å²) < 4.78 is 48.1. The number of hydrogen-bond acceptors (Lipinski definition) is 11. The molecule has 1 aliphatic carbocycles. The number of rotatable bonds is 12. The van der Waals surface area contributed by atoms with E-state index in [1.54, 1.807) is 121 Å². The van der Waals surface area contributed by atoms with Gasteiger partial charge in [0.2, 0.25) is 0 Å². The monoisotopic (exact) mass is 838 g/mol. The number of fused-ring (bicyclic) bond motifs is 1. The molecule has 4 aromatic rings. The average Bonchev–Trinajstić information content (AvgIpc) is 3.42. The number of carbonyl (C=O) groups excluding carboxylic acids is 4. The Kier molecular flexibility index (Phi) is 13.7. The zero-order valence-corrected chi connectivity index (χ0v) is 36.8. The normalized spacial score (nSPS) is 23.5. The van der Waals surface area contributed by atoms with Crippen molar-refractivity contribution in [3.63, 3.8) is 0 Å². The van der Waals surface area contributed by atoms with Crippen LogP contribution in [0.25, 0.3) is 0 Å². The molecule has 1 aliphatic heterocycles. The molecular formula is C46H54O11Si2. The van der Waals surface area contributed by atoms with Crippen molar-refractivity contribution in [3.05, 3.63) is 144 Å². The quantitative estimate of drug-likeness (QED) is 0.0768. The van der Waals surface area contributed by atoms with Crippen molar-refractivity contribution < 1.29 is 51.1 Å². The van der Waals surface area contributed by atoms with Crippen LogP contribution in [0.2, 0.25) is 22.2 Å². The maximum absolute atomic E-state index is 14.3. The van der Waals surface area contributed by atoms with Gasteiger partial charge in [-0.15, -0.1) is 0 Å². The molecule has 13 heteroatoms. The largest absolute Gasteiger partial charge is 0.452 e. The molecule has 1 heterocycles. The van der Waals surface area contributed by atoms with Gasteiger partial charge in [-0.3, -0.25) is 0 Å². The van der Waals surface area contributed by atoms with E-state index in [-0.39, 0.29) is 44.4 Å². The Morgan fingerprint density at radius 1 is 0.390 bits per heavy atom. The molecule has 6 rings (SSSR count). The van der Waals surface area contributed by atoms with Crippen LogP contribution < -0.4 is 0 Å². The lowest BCUT2D eigenvalue weighted by atomic mass is 9.84. The first-order valence-corrected chi connectivity index (χ1v) is 24.2. The van der Waals surface area contributed by atoms with Gasteiger partial charge in [-0.1, -0.05) is 128 Å². The van der Waals surface area contributed by atoms with Gasteiger partial charge in [-0.05, 0) is 70.7 Å². The molecule has 6 atom stereocenters. The molecule has 0 spiro atoms. The molecule has 0 N–H and O–H groups in total. The number of benzene rings is 4. The van der Waals surface area contributed by atoms with Crippen molar-refractivity contribution in [2.75, 3.05) is 0 Å². The Balaban J connectivity index is 1.63. The molecule has 2 aliphatic rings. The van der Waals surface area contributed by atoms with Gasteiger partial charge in [0.15, 0.2) is 24.4 Å². The SMILES string of the molecule is CC(C)[Si]1(C(C)C)O[C@@H]2[C@H](OC(=O)c3ccccc3)[C@@H](OC(=O)c3ccccc3)[C@@H](OC(=O)c3ccccc3)[C@H](OC(=O)c3ccccc3)[C@H]2O[Si](C(C)C)(C(C)C)O1. The van der Waals surface area contributed by atoms with Crippen LogP contribution in [0.1, 0.15) is 96.8 Å². The van der Waals surface area contributed by atoms with Crippen LogP contribution in [0.15, 0.2) is 121 Å². The maximum Gasteiger partial charge on any atom is 0.338 e. The summed E-state index contributed by atoms with van der Waals surface area (Å²) in [5, 5.41) is 0. The predicted octanol–water partition coefficient (Wildman–Crippen LogP) is 9.23. The van der Waals surface area contributed by atoms with Crippen molar-refractivity contribution in [3.8, 4) is 0 Å². The topological polar surface area (TPSA) is 133 Å². The molecule has 2 fully saturated rings. The Morgan fingerprint density at radius 2 is 0.610 bits per heavy atom. The summed E-state index contributed by atoms with van der Waals surface area (Å²) in [6.07, 6.45) is -8.56.